The average Bonchev–Trinajstić information content (AvgIpc) is 3.04. The fourth-order valence-corrected chi connectivity index (χ4v) is 4.24. The van der Waals surface area contributed by atoms with Crippen molar-refractivity contribution in [2.24, 2.45) is 0 Å². The lowest BCUT2D eigenvalue weighted by Crippen LogP contribution is -2.21. The number of aromatic nitrogens is 3. The molecule has 0 radical (unpaired) electrons. The number of hydrogen-bond acceptors (Lipinski definition) is 5. The maximum absolute atomic E-state index is 6.43. The lowest BCUT2D eigenvalue weighted by Gasteiger charge is -2.25. The Bertz CT molecular complexity index is 1410. The Balaban J connectivity index is 1.46. The van der Waals surface area contributed by atoms with Gasteiger partial charge in [0.05, 0.1) is 11.4 Å². The number of rotatable bonds is 6. The smallest absolute Gasteiger partial charge is 0.156 e. The first-order valence-electron chi connectivity index (χ1n) is 11.6. The maximum atomic E-state index is 6.43. The molecule has 2 aromatic carbocycles. The van der Waals surface area contributed by atoms with E-state index in [1.807, 2.05) is 72.2 Å². The Hall–Kier alpha value is -4.58. The number of pyridine rings is 1. The van der Waals surface area contributed by atoms with E-state index < -0.39 is 0 Å². The van der Waals surface area contributed by atoms with Gasteiger partial charge in [0, 0.05) is 29.7 Å². The first kappa shape index (κ1) is 22.2. The van der Waals surface area contributed by atoms with Crippen LogP contribution >= 0.6 is 0 Å². The number of benzene rings is 2. The van der Waals surface area contributed by atoms with Gasteiger partial charge < -0.3 is 16.4 Å². The highest BCUT2D eigenvalue weighted by Crippen LogP contribution is 2.31. The highest BCUT2D eigenvalue weighted by Gasteiger charge is 2.18. The minimum absolute atomic E-state index is 0.636. The van der Waals surface area contributed by atoms with Crippen molar-refractivity contribution in [3.8, 4) is 5.69 Å². The summed E-state index contributed by atoms with van der Waals surface area (Å²) in [6.07, 6.45) is 11.2. The van der Waals surface area contributed by atoms with Gasteiger partial charge in [-0.3, -0.25) is 4.57 Å². The second kappa shape index (κ2) is 9.73. The molecule has 0 bridgehead atoms. The molecule has 35 heavy (non-hydrogen) atoms. The van der Waals surface area contributed by atoms with Crippen molar-refractivity contribution in [2.75, 3.05) is 22.9 Å². The maximum Gasteiger partial charge on any atom is 0.156 e. The van der Waals surface area contributed by atoms with Crippen molar-refractivity contribution in [2.45, 2.75) is 13.3 Å². The molecule has 0 saturated carbocycles. The zero-order valence-electron chi connectivity index (χ0n) is 19.7. The van der Waals surface area contributed by atoms with Crippen LogP contribution in [0.15, 0.2) is 109 Å². The second-order valence-corrected chi connectivity index (χ2v) is 8.42. The molecule has 0 saturated heterocycles. The van der Waals surface area contributed by atoms with Gasteiger partial charge in [0.2, 0.25) is 0 Å². The van der Waals surface area contributed by atoms with Crippen LogP contribution in [0.4, 0.5) is 23.0 Å². The van der Waals surface area contributed by atoms with Crippen molar-refractivity contribution in [3.05, 3.63) is 120 Å². The predicted molar refractivity (Wildman–Crippen MR) is 145 cm³/mol. The van der Waals surface area contributed by atoms with Crippen LogP contribution in [-0.4, -0.2) is 21.1 Å². The van der Waals surface area contributed by atoms with Gasteiger partial charge in [0.25, 0.3) is 0 Å². The van der Waals surface area contributed by atoms with Crippen molar-refractivity contribution in [1.82, 2.24) is 14.5 Å². The first-order valence-corrected chi connectivity index (χ1v) is 11.6. The number of nitrogen functional groups attached to an aromatic ring is 2. The molecule has 6 nitrogen and oxygen atoms in total. The number of imidazole rings is 1. The summed E-state index contributed by atoms with van der Waals surface area (Å²) in [7, 11) is 0. The van der Waals surface area contributed by atoms with E-state index >= 15 is 0 Å². The first-order chi connectivity index (χ1) is 17.1. The fraction of sp³-hybridized carbons (Fsp3) is 0.103. The van der Waals surface area contributed by atoms with Crippen LogP contribution in [-0.2, 0) is 0 Å². The summed E-state index contributed by atoms with van der Waals surface area (Å²) in [6, 6.07) is 24.0. The van der Waals surface area contributed by atoms with Gasteiger partial charge in [-0.2, -0.15) is 0 Å². The molecule has 0 fully saturated rings. The Morgan fingerprint density at radius 3 is 2.37 bits per heavy atom. The Morgan fingerprint density at radius 1 is 0.886 bits per heavy atom. The fourth-order valence-electron chi connectivity index (χ4n) is 4.24. The summed E-state index contributed by atoms with van der Waals surface area (Å²) in [5.74, 6) is 2.23. The molecule has 0 unspecified atom stereocenters. The zero-order chi connectivity index (χ0) is 24.2. The van der Waals surface area contributed by atoms with Crippen molar-refractivity contribution in [3.63, 3.8) is 0 Å². The number of aryl methyl sites for hydroxylation is 1. The van der Waals surface area contributed by atoms with Crippen LogP contribution in [0, 0.1) is 6.92 Å². The minimum atomic E-state index is 0.636. The standard InChI is InChI=1S/C29H28N6/c1-21-27(31)35(25-14-6-3-7-15-25)28(33-21)23-11-8-10-22(17-18-23)20-34(24-12-4-2-5-13-24)29-26(30)16-9-19-32-29/h2-7,9-19H,8,20,30-31H2,1H3. The van der Waals surface area contributed by atoms with Gasteiger partial charge in [-0.05, 0) is 55.3 Å². The van der Waals surface area contributed by atoms with E-state index in [0.29, 0.717) is 18.1 Å². The largest absolute Gasteiger partial charge is 0.396 e. The monoisotopic (exact) mass is 460 g/mol. The SMILES string of the molecule is Cc1nc(C2=CCC=C(CN(c3ccccc3)c3ncccc3N)C=C2)n(-c2ccccc2)c1N. The van der Waals surface area contributed by atoms with Gasteiger partial charge in [-0.15, -0.1) is 0 Å². The molecule has 0 spiro atoms. The number of nitrogens with two attached hydrogens (primary N) is 2. The molecule has 0 atom stereocenters. The van der Waals surface area contributed by atoms with Gasteiger partial charge in [0.15, 0.2) is 5.82 Å². The summed E-state index contributed by atoms with van der Waals surface area (Å²) in [5.41, 5.74) is 18.4. The quantitative estimate of drug-likeness (QED) is 0.377. The Labute approximate surface area is 205 Å². The van der Waals surface area contributed by atoms with E-state index in [4.69, 9.17) is 16.5 Å². The molecular formula is C29H28N6. The Kier molecular flexibility index (Phi) is 6.18. The third-order valence-corrected chi connectivity index (χ3v) is 6.05. The van der Waals surface area contributed by atoms with E-state index in [-0.39, 0.29) is 0 Å². The van der Waals surface area contributed by atoms with Crippen molar-refractivity contribution in [1.29, 1.82) is 0 Å². The topological polar surface area (TPSA) is 86.0 Å². The third-order valence-electron chi connectivity index (χ3n) is 6.05. The van der Waals surface area contributed by atoms with Gasteiger partial charge in [0.1, 0.15) is 11.6 Å². The summed E-state index contributed by atoms with van der Waals surface area (Å²) in [5, 5.41) is 0. The lowest BCUT2D eigenvalue weighted by molar-refractivity contribution is 1.02. The third kappa shape index (κ3) is 4.59. The molecule has 1 aliphatic rings. The molecule has 5 rings (SSSR count). The normalized spacial score (nSPS) is 13.2. The van der Waals surface area contributed by atoms with Gasteiger partial charge in [-0.25, -0.2) is 9.97 Å². The molecular weight excluding hydrogens is 432 g/mol. The van der Waals surface area contributed by atoms with Crippen LogP contribution in [0.25, 0.3) is 11.3 Å². The molecule has 0 amide bonds. The molecule has 0 aliphatic heterocycles. The summed E-state index contributed by atoms with van der Waals surface area (Å²) < 4.78 is 2.02. The van der Waals surface area contributed by atoms with Crippen LogP contribution in [0.2, 0.25) is 0 Å². The van der Waals surface area contributed by atoms with E-state index in [1.54, 1.807) is 6.20 Å². The Morgan fingerprint density at radius 2 is 1.63 bits per heavy atom. The molecule has 174 valence electrons. The van der Waals surface area contributed by atoms with E-state index in [1.165, 1.54) is 0 Å². The van der Waals surface area contributed by atoms with Gasteiger partial charge >= 0.3 is 0 Å². The second-order valence-electron chi connectivity index (χ2n) is 8.42. The summed E-state index contributed by atoms with van der Waals surface area (Å²) in [6.45, 7) is 2.58. The van der Waals surface area contributed by atoms with Crippen LogP contribution in [0.1, 0.15) is 17.9 Å². The minimum Gasteiger partial charge on any atom is -0.396 e. The van der Waals surface area contributed by atoms with Crippen LogP contribution in [0.5, 0.6) is 0 Å². The molecule has 4 aromatic rings. The number of hydrogen-bond donors (Lipinski definition) is 2. The molecule has 4 N–H and O–H groups in total. The predicted octanol–water partition coefficient (Wildman–Crippen LogP) is 5.85. The number of nitrogens with zero attached hydrogens (tertiary/aromatic N) is 4. The summed E-state index contributed by atoms with van der Waals surface area (Å²) in [4.78, 5) is 11.5. The zero-order valence-corrected chi connectivity index (χ0v) is 19.7. The van der Waals surface area contributed by atoms with Crippen LogP contribution < -0.4 is 16.4 Å². The number of anilines is 4. The molecule has 2 aromatic heterocycles. The van der Waals surface area contributed by atoms with Gasteiger partial charge in [-0.1, -0.05) is 60.7 Å². The summed E-state index contributed by atoms with van der Waals surface area (Å²) >= 11 is 0. The average molecular weight is 461 g/mol. The molecule has 6 heteroatoms. The lowest BCUT2D eigenvalue weighted by atomic mass is 10.1. The van der Waals surface area contributed by atoms with Crippen LogP contribution in [0.3, 0.4) is 0 Å². The number of allylic oxidation sites excluding steroid dienone is 4. The molecule has 2 heterocycles. The van der Waals surface area contributed by atoms with Crippen molar-refractivity contribution < 1.29 is 0 Å². The molecule has 1 aliphatic carbocycles. The highest BCUT2D eigenvalue weighted by molar-refractivity contribution is 5.76. The number of para-hydroxylation sites is 2. The van der Waals surface area contributed by atoms with E-state index in [0.717, 1.165) is 46.3 Å². The van der Waals surface area contributed by atoms with E-state index in [2.05, 4.69) is 46.3 Å². The van der Waals surface area contributed by atoms with Crippen molar-refractivity contribution >= 4 is 28.6 Å². The highest BCUT2D eigenvalue weighted by atomic mass is 15.2. The van der Waals surface area contributed by atoms with E-state index in [9.17, 15) is 0 Å².